The maximum Gasteiger partial charge on any atom is 0.262 e. The highest BCUT2D eigenvalue weighted by molar-refractivity contribution is 9.11. The van der Waals surface area contributed by atoms with Crippen LogP contribution in [-0.2, 0) is 11.4 Å². The number of halogens is 2. The summed E-state index contributed by atoms with van der Waals surface area (Å²) < 4.78 is 13.1. The van der Waals surface area contributed by atoms with Gasteiger partial charge >= 0.3 is 0 Å². The predicted molar refractivity (Wildman–Crippen MR) is 113 cm³/mol. The van der Waals surface area contributed by atoms with Gasteiger partial charge in [-0.15, -0.1) is 0 Å². The van der Waals surface area contributed by atoms with Crippen molar-refractivity contribution in [1.82, 2.24) is 0 Å². The lowest BCUT2D eigenvalue weighted by atomic mass is 10.2. The van der Waals surface area contributed by atoms with Crippen LogP contribution in [0.25, 0.3) is 0 Å². The maximum atomic E-state index is 12.3. The van der Waals surface area contributed by atoms with Crippen LogP contribution in [0.4, 0.5) is 5.69 Å². The molecule has 0 aliphatic heterocycles. The summed E-state index contributed by atoms with van der Waals surface area (Å²) in [6.45, 7) is 0.323. The fourth-order valence-electron chi connectivity index (χ4n) is 2.35. The van der Waals surface area contributed by atoms with Crippen LogP contribution >= 0.6 is 31.9 Å². The molecular weight excluding hydrogens is 474 g/mol. The van der Waals surface area contributed by atoms with E-state index >= 15 is 0 Å². The van der Waals surface area contributed by atoms with Crippen molar-refractivity contribution >= 4 is 43.5 Å². The van der Waals surface area contributed by atoms with Crippen LogP contribution in [0.1, 0.15) is 5.56 Å². The van der Waals surface area contributed by atoms with Gasteiger partial charge in [0.1, 0.15) is 18.1 Å². The Morgan fingerprint density at radius 3 is 2.37 bits per heavy atom. The van der Waals surface area contributed by atoms with Crippen LogP contribution in [0, 0.1) is 0 Å². The van der Waals surface area contributed by atoms with E-state index in [9.17, 15) is 4.79 Å². The van der Waals surface area contributed by atoms with Crippen molar-refractivity contribution in [1.29, 1.82) is 0 Å². The lowest BCUT2D eigenvalue weighted by Gasteiger charge is -2.13. The maximum absolute atomic E-state index is 12.3. The minimum Gasteiger partial charge on any atom is -0.487 e. The molecule has 0 bridgehead atoms. The van der Waals surface area contributed by atoms with E-state index in [0.717, 1.165) is 14.5 Å². The average Bonchev–Trinajstić information content (AvgIpc) is 2.67. The second-order valence-electron chi connectivity index (χ2n) is 5.68. The van der Waals surface area contributed by atoms with Gasteiger partial charge in [-0.05, 0) is 51.8 Å². The zero-order valence-corrected chi connectivity index (χ0v) is 17.5. The van der Waals surface area contributed by atoms with Crippen LogP contribution < -0.4 is 14.8 Å². The van der Waals surface area contributed by atoms with Gasteiger partial charge in [0.25, 0.3) is 5.91 Å². The SMILES string of the molecule is O=C(COc1ccc(Br)cc1Br)Nc1ccccc1OCc1ccccc1. The van der Waals surface area contributed by atoms with Gasteiger partial charge in [0.05, 0.1) is 10.2 Å². The number of hydrogen-bond donors (Lipinski definition) is 1. The molecule has 0 fully saturated rings. The molecule has 0 heterocycles. The topological polar surface area (TPSA) is 47.6 Å². The third kappa shape index (κ3) is 5.84. The van der Waals surface area contributed by atoms with Gasteiger partial charge in [-0.1, -0.05) is 58.4 Å². The Bertz CT molecular complexity index is 916. The van der Waals surface area contributed by atoms with Gasteiger partial charge < -0.3 is 14.8 Å². The molecule has 0 radical (unpaired) electrons. The van der Waals surface area contributed by atoms with Gasteiger partial charge in [0.2, 0.25) is 0 Å². The molecule has 0 saturated carbocycles. The normalized spacial score (nSPS) is 10.3. The Balaban J connectivity index is 1.59. The first-order valence-electron chi connectivity index (χ1n) is 8.25. The first kappa shape index (κ1) is 19.5. The van der Waals surface area contributed by atoms with Gasteiger partial charge in [-0.25, -0.2) is 0 Å². The van der Waals surface area contributed by atoms with E-state index in [1.165, 1.54) is 0 Å². The highest BCUT2D eigenvalue weighted by atomic mass is 79.9. The van der Waals surface area contributed by atoms with Crippen LogP contribution in [0.5, 0.6) is 11.5 Å². The molecular formula is C21H17Br2NO3. The molecule has 3 aromatic rings. The third-order valence-electron chi connectivity index (χ3n) is 3.65. The van der Waals surface area contributed by atoms with Crippen molar-refractivity contribution in [3.05, 3.63) is 87.3 Å². The Morgan fingerprint density at radius 1 is 0.852 bits per heavy atom. The molecule has 27 heavy (non-hydrogen) atoms. The fourth-order valence-corrected chi connectivity index (χ4v) is 3.51. The molecule has 1 amide bonds. The summed E-state index contributed by atoms with van der Waals surface area (Å²) in [5.74, 6) is 0.946. The molecule has 3 aromatic carbocycles. The summed E-state index contributed by atoms with van der Waals surface area (Å²) >= 11 is 6.79. The summed E-state index contributed by atoms with van der Waals surface area (Å²) in [6, 6.07) is 22.7. The zero-order chi connectivity index (χ0) is 19.1. The van der Waals surface area contributed by atoms with Crippen LogP contribution in [-0.4, -0.2) is 12.5 Å². The van der Waals surface area contributed by atoms with Crippen molar-refractivity contribution in [3.8, 4) is 11.5 Å². The number of benzene rings is 3. The molecule has 0 atom stereocenters. The second-order valence-corrected chi connectivity index (χ2v) is 7.45. The summed E-state index contributed by atoms with van der Waals surface area (Å²) in [4.78, 5) is 12.3. The number of ether oxygens (including phenoxy) is 2. The molecule has 0 aromatic heterocycles. The number of amides is 1. The Morgan fingerprint density at radius 2 is 1.59 bits per heavy atom. The number of rotatable bonds is 7. The highest BCUT2D eigenvalue weighted by Crippen LogP contribution is 2.28. The first-order valence-corrected chi connectivity index (χ1v) is 9.84. The van der Waals surface area contributed by atoms with Crippen LogP contribution in [0.2, 0.25) is 0 Å². The molecule has 1 N–H and O–H groups in total. The molecule has 0 spiro atoms. The molecule has 0 aliphatic rings. The van der Waals surface area contributed by atoms with Gasteiger partial charge in [-0.2, -0.15) is 0 Å². The molecule has 4 nitrogen and oxygen atoms in total. The fraction of sp³-hybridized carbons (Fsp3) is 0.0952. The number of para-hydroxylation sites is 2. The number of carbonyl (C=O) groups excluding carboxylic acids is 1. The summed E-state index contributed by atoms with van der Waals surface area (Å²) in [5.41, 5.74) is 1.67. The lowest BCUT2D eigenvalue weighted by Crippen LogP contribution is -2.20. The lowest BCUT2D eigenvalue weighted by molar-refractivity contribution is -0.118. The number of hydrogen-bond acceptors (Lipinski definition) is 3. The quantitative estimate of drug-likeness (QED) is 0.454. The first-order chi connectivity index (χ1) is 13.1. The predicted octanol–water partition coefficient (Wildman–Crippen LogP) is 5.81. The van der Waals surface area contributed by atoms with E-state index in [1.807, 2.05) is 60.7 Å². The molecule has 0 aliphatic carbocycles. The monoisotopic (exact) mass is 489 g/mol. The van der Waals surface area contributed by atoms with Gasteiger partial charge in [0.15, 0.2) is 6.61 Å². The second kappa shape index (κ2) is 9.58. The summed E-state index contributed by atoms with van der Waals surface area (Å²) in [6.07, 6.45) is 0. The van der Waals surface area contributed by atoms with E-state index in [1.54, 1.807) is 12.1 Å². The van der Waals surface area contributed by atoms with Crippen LogP contribution in [0.3, 0.4) is 0 Å². The van der Waals surface area contributed by atoms with E-state index in [0.29, 0.717) is 23.8 Å². The number of nitrogens with one attached hydrogen (secondary N) is 1. The minimum absolute atomic E-state index is 0.104. The molecule has 6 heteroatoms. The molecule has 138 valence electrons. The highest BCUT2D eigenvalue weighted by Gasteiger charge is 2.10. The zero-order valence-electron chi connectivity index (χ0n) is 14.3. The van der Waals surface area contributed by atoms with Gasteiger partial charge in [-0.3, -0.25) is 4.79 Å². The van der Waals surface area contributed by atoms with Crippen molar-refractivity contribution in [2.45, 2.75) is 6.61 Å². The van der Waals surface area contributed by atoms with Crippen LogP contribution in [0.15, 0.2) is 81.7 Å². The van der Waals surface area contributed by atoms with Gasteiger partial charge in [0, 0.05) is 4.47 Å². The molecule has 0 saturated heterocycles. The standard InChI is InChI=1S/C21H17Br2NO3/c22-16-10-11-19(17(23)12-16)27-14-21(25)24-18-8-4-5-9-20(18)26-13-15-6-2-1-3-7-15/h1-12H,13-14H2,(H,24,25). The Hall–Kier alpha value is -2.31. The van der Waals surface area contributed by atoms with Crippen molar-refractivity contribution in [2.24, 2.45) is 0 Å². The van der Waals surface area contributed by atoms with Crippen molar-refractivity contribution < 1.29 is 14.3 Å². The Labute approximate surface area is 174 Å². The minimum atomic E-state index is -0.263. The third-order valence-corrected chi connectivity index (χ3v) is 4.76. The molecule has 3 rings (SSSR count). The van der Waals surface area contributed by atoms with E-state index in [-0.39, 0.29) is 12.5 Å². The summed E-state index contributed by atoms with van der Waals surface area (Å²) in [7, 11) is 0. The van der Waals surface area contributed by atoms with Crippen molar-refractivity contribution in [3.63, 3.8) is 0 Å². The number of carbonyl (C=O) groups is 1. The smallest absolute Gasteiger partial charge is 0.262 e. The average molecular weight is 491 g/mol. The van der Waals surface area contributed by atoms with E-state index in [2.05, 4.69) is 37.2 Å². The Kier molecular flexibility index (Phi) is 6.90. The summed E-state index contributed by atoms with van der Waals surface area (Å²) in [5, 5.41) is 2.83. The van der Waals surface area contributed by atoms with E-state index in [4.69, 9.17) is 9.47 Å². The van der Waals surface area contributed by atoms with Crippen molar-refractivity contribution in [2.75, 3.05) is 11.9 Å². The largest absolute Gasteiger partial charge is 0.487 e. The van der Waals surface area contributed by atoms with E-state index < -0.39 is 0 Å². The molecule has 0 unspecified atom stereocenters. The number of anilines is 1.